The average Bonchev–Trinajstić information content (AvgIpc) is 3.02. The third kappa shape index (κ3) is 3.19. The number of aromatic amines is 1. The average molecular weight is 324 g/mol. The van der Waals surface area contributed by atoms with Crippen molar-refractivity contribution in [3.05, 3.63) is 28.9 Å². The second kappa shape index (κ2) is 6.44. The summed E-state index contributed by atoms with van der Waals surface area (Å²) in [6, 6.07) is 2.74. The number of rotatable bonds is 5. The van der Waals surface area contributed by atoms with Gasteiger partial charge < -0.3 is 10.1 Å². The number of carboxylic acid groups (broad SMARTS) is 1. The zero-order valence-electron chi connectivity index (χ0n) is 11.7. The van der Waals surface area contributed by atoms with E-state index in [1.54, 1.807) is 12.3 Å². The van der Waals surface area contributed by atoms with Gasteiger partial charge in [0.05, 0.1) is 4.91 Å². The standard InChI is InChI=1S/C14H16N2O3S2/c1-3-8(2)11(13(18)19)16-12(17)10(21-14(16)20)7-9-5-4-6-15-9/h4-8,11,15H,3H2,1-2H3,(H,18,19)/b10-7-. The number of hydrogen-bond acceptors (Lipinski definition) is 4. The van der Waals surface area contributed by atoms with Crippen LogP contribution in [-0.2, 0) is 9.59 Å². The molecule has 0 aromatic carbocycles. The van der Waals surface area contributed by atoms with Crippen LogP contribution >= 0.6 is 24.0 Å². The molecule has 2 heterocycles. The fourth-order valence-corrected chi connectivity index (χ4v) is 3.45. The van der Waals surface area contributed by atoms with Gasteiger partial charge in [-0.2, -0.15) is 0 Å². The van der Waals surface area contributed by atoms with Crippen molar-refractivity contribution in [2.24, 2.45) is 5.92 Å². The molecule has 112 valence electrons. The molecular weight excluding hydrogens is 308 g/mol. The van der Waals surface area contributed by atoms with Gasteiger partial charge in [0.1, 0.15) is 10.4 Å². The highest BCUT2D eigenvalue weighted by molar-refractivity contribution is 8.26. The maximum Gasteiger partial charge on any atom is 0.327 e. The highest BCUT2D eigenvalue weighted by atomic mass is 32.2. The molecule has 1 aromatic rings. The van der Waals surface area contributed by atoms with Crippen molar-refractivity contribution < 1.29 is 14.7 Å². The molecule has 0 bridgehead atoms. The summed E-state index contributed by atoms with van der Waals surface area (Å²) in [6.45, 7) is 3.71. The van der Waals surface area contributed by atoms with Crippen LogP contribution in [0.15, 0.2) is 23.2 Å². The maximum absolute atomic E-state index is 12.5. The number of nitrogens with one attached hydrogen (secondary N) is 1. The monoisotopic (exact) mass is 324 g/mol. The van der Waals surface area contributed by atoms with Gasteiger partial charge in [0.15, 0.2) is 0 Å². The number of carbonyl (C=O) groups is 2. The first kappa shape index (κ1) is 15.8. The molecular formula is C14H16N2O3S2. The Labute approximate surface area is 132 Å². The zero-order valence-corrected chi connectivity index (χ0v) is 13.3. The summed E-state index contributed by atoms with van der Waals surface area (Å²) >= 11 is 6.35. The Balaban J connectivity index is 2.31. The van der Waals surface area contributed by atoms with Crippen molar-refractivity contribution in [2.75, 3.05) is 0 Å². The lowest BCUT2D eigenvalue weighted by Crippen LogP contribution is -2.47. The van der Waals surface area contributed by atoms with Gasteiger partial charge in [-0.05, 0) is 24.1 Å². The Hall–Kier alpha value is -1.60. The minimum Gasteiger partial charge on any atom is -0.480 e. The number of thioether (sulfide) groups is 1. The highest BCUT2D eigenvalue weighted by Gasteiger charge is 2.42. The molecule has 0 aliphatic carbocycles. The van der Waals surface area contributed by atoms with Crippen LogP contribution in [0.3, 0.4) is 0 Å². The molecule has 7 heteroatoms. The summed E-state index contributed by atoms with van der Waals surface area (Å²) in [5.41, 5.74) is 0.783. The van der Waals surface area contributed by atoms with E-state index in [-0.39, 0.29) is 11.8 Å². The summed E-state index contributed by atoms with van der Waals surface area (Å²) < 4.78 is 0.297. The summed E-state index contributed by atoms with van der Waals surface area (Å²) in [4.78, 5) is 28.6. The molecule has 0 spiro atoms. The number of carbonyl (C=O) groups excluding carboxylic acids is 1. The zero-order chi connectivity index (χ0) is 15.6. The van der Waals surface area contributed by atoms with E-state index in [1.165, 1.54) is 4.90 Å². The van der Waals surface area contributed by atoms with Crippen molar-refractivity contribution in [1.29, 1.82) is 0 Å². The minimum absolute atomic E-state index is 0.171. The van der Waals surface area contributed by atoms with Crippen LogP contribution in [0.25, 0.3) is 6.08 Å². The van der Waals surface area contributed by atoms with Crippen LogP contribution in [0.5, 0.6) is 0 Å². The van der Waals surface area contributed by atoms with Gasteiger partial charge in [-0.1, -0.05) is 44.2 Å². The van der Waals surface area contributed by atoms with Gasteiger partial charge in [0, 0.05) is 11.9 Å². The quantitative estimate of drug-likeness (QED) is 0.643. The van der Waals surface area contributed by atoms with Crippen molar-refractivity contribution in [3.8, 4) is 0 Å². The molecule has 2 atom stereocenters. The molecule has 1 aliphatic heterocycles. The van der Waals surface area contributed by atoms with Crippen LogP contribution in [0, 0.1) is 5.92 Å². The Morgan fingerprint density at radius 3 is 2.86 bits per heavy atom. The van der Waals surface area contributed by atoms with E-state index in [9.17, 15) is 14.7 Å². The number of aliphatic carboxylic acids is 1. The lowest BCUT2D eigenvalue weighted by Gasteiger charge is -2.27. The van der Waals surface area contributed by atoms with Crippen molar-refractivity contribution in [1.82, 2.24) is 9.88 Å². The number of hydrogen-bond donors (Lipinski definition) is 2. The van der Waals surface area contributed by atoms with E-state index in [1.807, 2.05) is 26.0 Å². The Bertz CT molecular complexity index is 595. The van der Waals surface area contributed by atoms with Crippen LogP contribution in [-0.4, -0.2) is 37.2 Å². The fraction of sp³-hybridized carbons (Fsp3) is 0.357. The van der Waals surface area contributed by atoms with Gasteiger partial charge >= 0.3 is 5.97 Å². The molecule has 21 heavy (non-hydrogen) atoms. The summed E-state index contributed by atoms with van der Waals surface area (Å²) in [7, 11) is 0. The summed E-state index contributed by atoms with van der Waals surface area (Å²) in [6.07, 6.45) is 4.10. The van der Waals surface area contributed by atoms with Gasteiger partial charge in [-0.15, -0.1) is 0 Å². The van der Waals surface area contributed by atoms with Gasteiger partial charge in [-0.3, -0.25) is 9.69 Å². The van der Waals surface area contributed by atoms with Crippen LogP contribution < -0.4 is 0 Å². The number of amides is 1. The van der Waals surface area contributed by atoms with Crippen LogP contribution in [0.4, 0.5) is 0 Å². The van der Waals surface area contributed by atoms with Gasteiger partial charge in [-0.25, -0.2) is 4.79 Å². The largest absolute Gasteiger partial charge is 0.480 e. The number of thiocarbonyl (C=S) groups is 1. The normalized spacial score (nSPS) is 20.1. The SMILES string of the molecule is CCC(C)C(C(=O)O)N1C(=O)/C(=C/c2ccc[nH]2)SC1=S. The number of H-pyrrole nitrogens is 1. The van der Waals surface area contributed by atoms with Gasteiger partial charge in [0.2, 0.25) is 0 Å². The predicted octanol–water partition coefficient (Wildman–Crippen LogP) is 2.72. The lowest BCUT2D eigenvalue weighted by atomic mass is 9.98. The molecule has 1 saturated heterocycles. The first-order valence-corrected chi connectivity index (χ1v) is 7.81. The molecule has 1 fully saturated rings. The third-order valence-electron chi connectivity index (χ3n) is 3.45. The Kier molecular flexibility index (Phi) is 4.84. The van der Waals surface area contributed by atoms with E-state index in [0.29, 0.717) is 15.6 Å². The minimum atomic E-state index is -1.03. The predicted molar refractivity (Wildman–Crippen MR) is 86.7 cm³/mol. The molecule has 1 amide bonds. The van der Waals surface area contributed by atoms with E-state index in [2.05, 4.69) is 4.98 Å². The fourth-order valence-electron chi connectivity index (χ4n) is 2.13. The molecule has 0 saturated carbocycles. The third-order valence-corrected chi connectivity index (χ3v) is 4.78. The van der Waals surface area contributed by atoms with Crippen molar-refractivity contribution in [3.63, 3.8) is 0 Å². The topological polar surface area (TPSA) is 73.4 Å². The Morgan fingerprint density at radius 1 is 1.62 bits per heavy atom. The van der Waals surface area contributed by atoms with E-state index >= 15 is 0 Å². The molecule has 5 nitrogen and oxygen atoms in total. The molecule has 2 N–H and O–H groups in total. The smallest absolute Gasteiger partial charge is 0.327 e. The van der Waals surface area contributed by atoms with E-state index < -0.39 is 12.0 Å². The molecule has 1 aromatic heterocycles. The second-order valence-corrected chi connectivity index (χ2v) is 6.52. The van der Waals surface area contributed by atoms with Crippen LogP contribution in [0.1, 0.15) is 26.0 Å². The number of nitrogens with zero attached hydrogens (tertiary/aromatic N) is 1. The van der Waals surface area contributed by atoms with Gasteiger partial charge in [0.25, 0.3) is 5.91 Å². The molecule has 0 radical (unpaired) electrons. The number of aromatic nitrogens is 1. The first-order valence-electron chi connectivity index (χ1n) is 6.59. The molecule has 1 aliphatic rings. The highest BCUT2D eigenvalue weighted by Crippen LogP contribution is 2.35. The van der Waals surface area contributed by atoms with E-state index in [4.69, 9.17) is 12.2 Å². The maximum atomic E-state index is 12.5. The summed E-state index contributed by atoms with van der Waals surface area (Å²) in [5, 5.41) is 9.43. The first-order chi connectivity index (χ1) is 9.95. The second-order valence-electron chi connectivity index (χ2n) is 4.85. The van der Waals surface area contributed by atoms with E-state index in [0.717, 1.165) is 17.5 Å². The molecule has 2 rings (SSSR count). The van der Waals surface area contributed by atoms with Crippen molar-refractivity contribution >= 4 is 46.3 Å². The summed E-state index contributed by atoms with van der Waals surface area (Å²) in [5.74, 6) is -1.54. The van der Waals surface area contributed by atoms with Crippen LogP contribution in [0.2, 0.25) is 0 Å². The number of carboxylic acids is 1. The molecule has 2 unspecified atom stereocenters. The van der Waals surface area contributed by atoms with Crippen molar-refractivity contribution in [2.45, 2.75) is 26.3 Å². The Morgan fingerprint density at radius 2 is 2.33 bits per heavy atom. The lowest BCUT2D eigenvalue weighted by molar-refractivity contribution is -0.147.